The van der Waals surface area contributed by atoms with E-state index in [4.69, 9.17) is 9.94 Å². The highest BCUT2D eigenvalue weighted by Gasteiger charge is 2.50. The van der Waals surface area contributed by atoms with Gasteiger partial charge in [-0.25, -0.2) is 0 Å². The van der Waals surface area contributed by atoms with Gasteiger partial charge >= 0.3 is 0 Å². The van der Waals surface area contributed by atoms with Gasteiger partial charge in [0.05, 0.1) is 24.5 Å². The molecule has 168 valence electrons. The summed E-state index contributed by atoms with van der Waals surface area (Å²) >= 11 is 0. The molecule has 0 heterocycles. The van der Waals surface area contributed by atoms with Crippen LogP contribution < -0.4 is 0 Å². The smallest absolute Gasteiger partial charge is 0.0879 e. The highest BCUT2D eigenvalue weighted by Crippen LogP contribution is 2.59. The van der Waals surface area contributed by atoms with Crippen LogP contribution in [0.2, 0.25) is 0 Å². The summed E-state index contributed by atoms with van der Waals surface area (Å²) in [6.45, 7) is 11.6. The Bertz CT molecular complexity index is 725. The van der Waals surface area contributed by atoms with Gasteiger partial charge in [-0.1, -0.05) is 43.3 Å². The number of ether oxygens (including phenoxy) is 1. The van der Waals surface area contributed by atoms with E-state index in [1.54, 1.807) is 6.92 Å². The number of fused-ring (bicyclic) bond motifs is 1. The summed E-state index contributed by atoms with van der Waals surface area (Å²) in [7, 11) is 0. The predicted molar refractivity (Wildman–Crippen MR) is 120 cm³/mol. The van der Waals surface area contributed by atoms with Crippen LogP contribution in [-0.4, -0.2) is 46.6 Å². The molecule has 0 spiro atoms. The molecular weight excluding hydrogens is 378 g/mol. The topological polar surface area (TPSA) is 82.3 Å². The van der Waals surface area contributed by atoms with Gasteiger partial charge in [-0.15, -0.1) is 0 Å². The second-order valence-electron chi connectivity index (χ2n) is 9.99. The monoisotopic (exact) mass is 417 g/mol. The zero-order chi connectivity index (χ0) is 21.9. The molecule has 0 aromatic rings. The van der Waals surface area contributed by atoms with Crippen molar-refractivity contribution in [3.8, 4) is 0 Å². The molecule has 0 aromatic heterocycles. The molecule has 0 amide bonds. The van der Waals surface area contributed by atoms with Gasteiger partial charge in [0.1, 0.15) is 0 Å². The van der Waals surface area contributed by atoms with Crippen LogP contribution in [0.5, 0.6) is 0 Å². The van der Waals surface area contributed by atoms with Crippen LogP contribution in [0, 0.1) is 23.2 Å². The van der Waals surface area contributed by atoms with Crippen LogP contribution in [0.25, 0.3) is 0 Å². The van der Waals surface area contributed by atoms with Crippen LogP contribution in [-0.2, 0) is 4.74 Å². The molecule has 3 rings (SSSR count). The van der Waals surface area contributed by atoms with E-state index < -0.39 is 12.2 Å². The summed E-state index contributed by atoms with van der Waals surface area (Å²) < 4.78 is 5.80. The maximum atomic E-state index is 10.1. The Labute approximate surface area is 181 Å². The third kappa shape index (κ3) is 4.90. The molecular formula is C25H39NO4. The molecule has 3 aliphatic rings. The van der Waals surface area contributed by atoms with Crippen molar-refractivity contribution in [3.63, 3.8) is 0 Å². The Hall–Kier alpha value is -1.43. The average molecular weight is 418 g/mol. The first-order chi connectivity index (χ1) is 14.3. The van der Waals surface area contributed by atoms with Crippen LogP contribution in [0.3, 0.4) is 0 Å². The number of aliphatic hydroxyl groups is 2. The molecule has 0 saturated heterocycles. The molecule has 0 aromatic carbocycles. The summed E-state index contributed by atoms with van der Waals surface area (Å²) in [5.74, 6) is 1.68. The van der Waals surface area contributed by atoms with Gasteiger partial charge in [0.15, 0.2) is 0 Å². The van der Waals surface area contributed by atoms with Crippen LogP contribution >= 0.6 is 0 Å². The lowest BCUT2D eigenvalue weighted by Gasteiger charge is -2.44. The van der Waals surface area contributed by atoms with Gasteiger partial charge in [-0.3, -0.25) is 0 Å². The van der Waals surface area contributed by atoms with Crippen molar-refractivity contribution in [2.24, 2.45) is 28.3 Å². The minimum absolute atomic E-state index is 0.286. The number of rotatable bonds is 6. The Balaban J connectivity index is 1.70. The van der Waals surface area contributed by atoms with E-state index in [0.29, 0.717) is 49.5 Å². The fraction of sp³-hybridized carbons (Fsp3) is 0.720. The highest BCUT2D eigenvalue weighted by atomic mass is 16.5. The number of allylic oxidation sites excluding steroid dienone is 3. The molecule has 0 aliphatic heterocycles. The lowest BCUT2D eigenvalue weighted by molar-refractivity contribution is 0.0453. The molecule has 3 N–H and O–H groups in total. The Morgan fingerprint density at radius 3 is 2.83 bits per heavy atom. The Morgan fingerprint density at radius 2 is 2.10 bits per heavy atom. The number of nitrogens with zero attached hydrogens (tertiary/aromatic N) is 1. The van der Waals surface area contributed by atoms with E-state index in [2.05, 4.69) is 37.7 Å². The summed E-state index contributed by atoms with van der Waals surface area (Å²) in [6.07, 6.45) is 10.2. The fourth-order valence-electron chi connectivity index (χ4n) is 6.22. The molecule has 0 bridgehead atoms. The molecule has 5 heteroatoms. The van der Waals surface area contributed by atoms with Gasteiger partial charge in [0.25, 0.3) is 0 Å². The summed E-state index contributed by atoms with van der Waals surface area (Å²) in [5.41, 5.74) is 4.14. The zero-order valence-corrected chi connectivity index (χ0v) is 18.8. The van der Waals surface area contributed by atoms with Gasteiger partial charge in [-0.2, -0.15) is 0 Å². The van der Waals surface area contributed by atoms with Crippen LogP contribution in [0.15, 0.2) is 40.6 Å². The third-order valence-electron chi connectivity index (χ3n) is 7.85. The van der Waals surface area contributed by atoms with E-state index in [-0.39, 0.29) is 5.41 Å². The summed E-state index contributed by atoms with van der Waals surface area (Å²) in [6, 6.07) is 0. The summed E-state index contributed by atoms with van der Waals surface area (Å²) in [4.78, 5) is 0. The molecule has 0 unspecified atom stereocenters. The number of hydrogen-bond donors (Lipinski definition) is 3. The first-order valence-electron chi connectivity index (χ1n) is 11.5. The lowest BCUT2D eigenvalue weighted by atomic mass is 9.61. The number of aliphatic hydroxyl groups excluding tert-OH is 2. The van der Waals surface area contributed by atoms with E-state index in [9.17, 15) is 10.2 Å². The van der Waals surface area contributed by atoms with E-state index in [1.165, 1.54) is 31.3 Å². The maximum Gasteiger partial charge on any atom is 0.0879 e. The Morgan fingerprint density at radius 1 is 1.33 bits per heavy atom. The van der Waals surface area contributed by atoms with Crippen LogP contribution in [0.4, 0.5) is 0 Å². The molecule has 30 heavy (non-hydrogen) atoms. The van der Waals surface area contributed by atoms with E-state index in [0.717, 1.165) is 17.6 Å². The van der Waals surface area contributed by atoms with Crippen molar-refractivity contribution in [1.82, 2.24) is 0 Å². The van der Waals surface area contributed by atoms with E-state index in [1.807, 2.05) is 0 Å². The number of oxime groups is 1. The normalized spacial score (nSPS) is 38.8. The highest BCUT2D eigenvalue weighted by molar-refractivity contribution is 5.82. The molecule has 3 fully saturated rings. The van der Waals surface area contributed by atoms with Crippen molar-refractivity contribution in [3.05, 3.63) is 35.5 Å². The molecule has 3 saturated carbocycles. The molecule has 0 radical (unpaired) electrons. The van der Waals surface area contributed by atoms with Crippen molar-refractivity contribution >= 4 is 5.71 Å². The van der Waals surface area contributed by atoms with Gasteiger partial charge in [0, 0.05) is 13.0 Å². The fourth-order valence-corrected chi connectivity index (χ4v) is 6.22. The first-order valence-corrected chi connectivity index (χ1v) is 11.5. The zero-order valence-electron chi connectivity index (χ0n) is 18.8. The van der Waals surface area contributed by atoms with E-state index >= 15 is 0 Å². The third-order valence-corrected chi connectivity index (χ3v) is 7.85. The van der Waals surface area contributed by atoms with Crippen molar-refractivity contribution in [1.29, 1.82) is 0 Å². The standard InChI is InChI=1S/C25H39NO4/c1-16(14-30-15-17(2)26-29)22-9-10-23-19(6-5-11-25(22,23)4)7-8-20-12-21(27)13-24(28)18(20)3/h7-8,16,21-24,27-29H,3,5-6,9-15H2,1-2,4H3/b19-7+,20-8-,26-17+/t16-,21-,22-,23+,24+,25-/m1/s1. The maximum absolute atomic E-state index is 10.1. The quantitative estimate of drug-likeness (QED) is 0.334. The second-order valence-corrected chi connectivity index (χ2v) is 9.99. The lowest BCUT2D eigenvalue weighted by Crippen LogP contribution is -2.37. The van der Waals surface area contributed by atoms with Crippen molar-refractivity contribution in [2.75, 3.05) is 13.2 Å². The second kappa shape index (κ2) is 9.80. The SMILES string of the molecule is C=C1/C(=C\C=C2/CCC[C@]3(C)[C@@H]([C@H](C)COC/C(C)=N/O)CC[C@@H]23)C[C@@H](O)C[C@@H]1O. The Kier molecular flexibility index (Phi) is 7.59. The minimum Gasteiger partial charge on any atom is -0.411 e. The number of hydrogen-bond acceptors (Lipinski definition) is 5. The average Bonchev–Trinajstić information content (AvgIpc) is 3.06. The minimum atomic E-state index is -0.633. The molecule has 5 nitrogen and oxygen atoms in total. The largest absolute Gasteiger partial charge is 0.411 e. The first kappa shape index (κ1) is 23.2. The van der Waals surface area contributed by atoms with Crippen molar-refractivity contribution in [2.45, 2.75) is 77.9 Å². The van der Waals surface area contributed by atoms with Crippen LogP contribution in [0.1, 0.15) is 65.7 Å². The molecule has 3 aliphatic carbocycles. The van der Waals surface area contributed by atoms with Gasteiger partial charge < -0.3 is 20.2 Å². The van der Waals surface area contributed by atoms with Crippen molar-refractivity contribution < 1.29 is 20.2 Å². The van der Waals surface area contributed by atoms with Gasteiger partial charge in [0.2, 0.25) is 0 Å². The summed E-state index contributed by atoms with van der Waals surface area (Å²) in [5, 5.41) is 32.1. The predicted octanol–water partition coefficient (Wildman–Crippen LogP) is 4.63. The molecule has 6 atom stereocenters. The van der Waals surface area contributed by atoms with Gasteiger partial charge in [-0.05, 0) is 79.8 Å².